The van der Waals surface area contributed by atoms with Crippen molar-refractivity contribution in [1.82, 2.24) is 4.90 Å². The number of fused-ring (bicyclic) bond motifs is 1. The Morgan fingerprint density at radius 1 is 1.04 bits per heavy atom. The van der Waals surface area contributed by atoms with E-state index in [1.807, 2.05) is 36.4 Å². The van der Waals surface area contributed by atoms with Crippen molar-refractivity contribution in [1.29, 1.82) is 0 Å². The van der Waals surface area contributed by atoms with Crippen LogP contribution in [0.3, 0.4) is 0 Å². The van der Waals surface area contributed by atoms with Gasteiger partial charge in [0.15, 0.2) is 5.78 Å². The molecular weight excluding hydrogens is 308 g/mol. The number of carbonyl (C=O) groups is 1. The first-order chi connectivity index (χ1) is 12.2. The van der Waals surface area contributed by atoms with Crippen LogP contribution in [-0.2, 0) is 6.42 Å². The first-order valence-electron chi connectivity index (χ1n) is 9.09. The minimum Gasteiger partial charge on any atom is -0.306 e. The zero-order chi connectivity index (χ0) is 17.3. The predicted molar refractivity (Wildman–Crippen MR) is 102 cm³/mol. The lowest BCUT2D eigenvalue weighted by molar-refractivity contribution is 0.1000. The standard InChI is InChI=1S/C22H24N2O/c1-24-13-11-22(12-14-24)16-18-9-5-6-10-19(18)20(23-22)15-21(25)17-7-3-2-4-8-17/h2-10H,11-16H2,1H3. The topological polar surface area (TPSA) is 32.7 Å². The number of hydrogen-bond acceptors (Lipinski definition) is 3. The molecule has 1 spiro atoms. The molecule has 0 saturated carbocycles. The summed E-state index contributed by atoms with van der Waals surface area (Å²) in [6.45, 7) is 2.15. The fourth-order valence-corrected chi connectivity index (χ4v) is 4.03. The molecule has 0 radical (unpaired) electrons. The van der Waals surface area contributed by atoms with Crippen molar-refractivity contribution in [3.05, 3.63) is 71.3 Å². The second-order valence-corrected chi connectivity index (χ2v) is 7.39. The Hall–Kier alpha value is -2.26. The van der Waals surface area contributed by atoms with Gasteiger partial charge in [0.1, 0.15) is 0 Å². The number of likely N-dealkylation sites (tertiary alicyclic amines) is 1. The first kappa shape index (κ1) is 16.2. The van der Waals surface area contributed by atoms with Crippen molar-refractivity contribution in [2.24, 2.45) is 4.99 Å². The highest BCUT2D eigenvalue weighted by atomic mass is 16.1. The van der Waals surface area contributed by atoms with Crippen LogP contribution in [0.4, 0.5) is 0 Å². The molecule has 0 unspecified atom stereocenters. The van der Waals surface area contributed by atoms with Crippen LogP contribution in [-0.4, -0.2) is 42.1 Å². The van der Waals surface area contributed by atoms with Crippen LogP contribution >= 0.6 is 0 Å². The molecule has 2 aromatic rings. The third-order valence-electron chi connectivity index (χ3n) is 5.56. The first-order valence-corrected chi connectivity index (χ1v) is 9.09. The number of Topliss-reactive ketones (excluding diaryl/α,β-unsaturated/α-hetero) is 1. The van der Waals surface area contributed by atoms with Crippen molar-refractivity contribution in [3.8, 4) is 0 Å². The average Bonchev–Trinajstić information content (AvgIpc) is 2.65. The number of aliphatic imine (C=N–C) groups is 1. The minimum atomic E-state index is -0.0207. The van der Waals surface area contributed by atoms with E-state index in [-0.39, 0.29) is 11.3 Å². The summed E-state index contributed by atoms with van der Waals surface area (Å²) in [5.41, 5.74) is 4.23. The second kappa shape index (κ2) is 6.57. The van der Waals surface area contributed by atoms with Gasteiger partial charge in [-0.2, -0.15) is 0 Å². The van der Waals surface area contributed by atoms with E-state index in [2.05, 4.69) is 30.1 Å². The minimum absolute atomic E-state index is 0.0207. The normalized spacial score (nSPS) is 19.3. The zero-order valence-corrected chi connectivity index (χ0v) is 14.7. The summed E-state index contributed by atoms with van der Waals surface area (Å²) in [6, 6.07) is 18.0. The van der Waals surface area contributed by atoms with E-state index in [9.17, 15) is 4.79 Å². The maximum atomic E-state index is 12.8. The van der Waals surface area contributed by atoms with E-state index in [0.717, 1.165) is 49.2 Å². The van der Waals surface area contributed by atoms with Gasteiger partial charge in [0, 0.05) is 18.7 Å². The summed E-state index contributed by atoms with van der Waals surface area (Å²) < 4.78 is 0. The molecule has 0 amide bonds. The number of nitrogens with zero attached hydrogens (tertiary/aromatic N) is 2. The molecular formula is C22H24N2O. The van der Waals surface area contributed by atoms with Gasteiger partial charge in [-0.05, 0) is 37.4 Å². The lowest BCUT2D eigenvalue weighted by Gasteiger charge is -2.41. The lowest BCUT2D eigenvalue weighted by Crippen LogP contribution is -2.45. The molecule has 0 aromatic heterocycles. The summed E-state index contributed by atoms with van der Waals surface area (Å²) in [4.78, 5) is 20.3. The third-order valence-corrected chi connectivity index (χ3v) is 5.56. The van der Waals surface area contributed by atoms with E-state index in [1.54, 1.807) is 0 Å². The van der Waals surface area contributed by atoms with Gasteiger partial charge in [-0.3, -0.25) is 9.79 Å². The summed E-state index contributed by atoms with van der Waals surface area (Å²) in [7, 11) is 2.17. The third kappa shape index (κ3) is 3.29. The number of ketones is 1. The van der Waals surface area contributed by atoms with Crippen LogP contribution in [0, 0.1) is 0 Å². The molecule has 4 rings (SSSR count). The SMILES string of the molecule is CN1CCC2(CC1)Cc1ccccc1C(CC(=O)c1ccccc1)=N2. The monoisotopic (exact) mass is 332 g/mol. The van der Waals surface area contributed by atoms with Crippen molar-refractivity contribution in [3.63, 3.8) is 0 Å². The molecule has 0 atom stereocenters. The van der Waals surface area contributed by atoms with Crippen LogP contribution in [0.25, 0.3) is 0 Å². The highest BCUT2D eigenvalue weighted by Gasteiger charge is 2.37. The average molecular weight is 332 g/mol. The van der Waals surface area contributed by atoms with E-state index >= 15 is 0 Å². The largest absolute Gasteiger partial charge is 0.306 e. The second-order valence-electron chi connectivity index (χ2n) is 7.39. The van der Waals surface area contributed by atoms with Crippen LogP contribution in [0.1, 0.15) is 40.7 Å². The maximum absolute atomic E-state index is 12.8. The van der Waals surface area contributed by atoms with Crippen LogP contribution in [0.15, 0.2) is 59.6 Å². The number of rotatable bonds is 3. The van der Waals surface area contributed by atoms with Gasteiger partial charge >= 0.3 is 0 Å². The van der Waals surface area contributed by atoms with E-state index in [0.29, 0.717) is 6.42 Å². The van der Waals surface area contributed by atoms with E-state index < -0.39 is 0 Å². The highest BCUT2D eigenvalue weighted by molar-refractivity contribution is 6.16. The molecule has 2 aliphatic heterocycles. The molecule has 0 N–H and O–H groups in total. The number of piperidine rings is 1. The maximum Gasteiger partial charge on any atom is 0.168 e. The zero-order valence-electron chi connectivity index (χ0n) is 14.7. The van der Waals surface area contributed by atoms with Crippen LogP contribution < -0.4 is 0 Å². The Bertz CT molecular complexity index is 802. The van der Waals surface area contributed by atoms with E-state index in [1.165, 1.54) is 5.56 Å². The molecule has 3 heteroatoms. The molecule has 3 nitrogen and oxygen atoms in total. The Morgan fingerprint density at radius 3 is 2.48 bits per heavy atom. The molecule has 128 valence electrons. The number of hydrogen-bond donors (Lipinski definition) is 0. The van der Waals surface area contributed by atoms with E-state index in [4.69, 9.17) is 4.99 Å². The summed E-state index contributed by atoms with van der Waals surface area (Å²) in [5.74, 6) is 0.152. The quantitative estimate of drug-likeness (QED) is 0.802. The summed E-state index contributed by atoms with van der Waals surface area (Å²) >= 11 is 0. The summed E-state index contributed by atoms with van der Waals surface area (Å²) in [5, 5.41) is 0. The number of carbonyl (C=O) groups excluding carboxylic acids is 1. The summed E-state index contributed by atoms with van der Waals surface area (Å²) in [6.07, 6.45) is 3.53. The molecule has 2 aromatic carbocycles. The Balaban J connectivity index is 1.67. The fourth-order valence-electron chi connectivity index (χ4n) is 4.03. The van der Waals surface area contributed by atoms with Gasteiger partial charge in [0.2, 0.25) is 0 Å². The number of benzene rings is 2. The lowest BCUT2D eigenvalue weighted by atomic mass is 9.77. The molecule has 2 aliphatic rings. The van der Waals surface area contributed by atoms with Crippen molar-refractivity contribution in [2.45, 2.75) is 31.2 Å². The van der Waals surface area contributed by atoms with Crippen LogP contribution in [0.5, 0.6) is 0 Å². The Kier molecular flexibility index (Phi) is 4.26. The fraction of sp³-hybridized carbons (Fsp3) is 0.364. The molecule has 2 heterocycles. The van der Waals surface area contributed by atoms with Gasteiger partial charge < -0.3 is 4.90 Å². The van der Waals surface area contributed by atoms with Crippen molar-refractivity contribution >= 4 is 11.5 Å². The van der Waals surface area contributed by atoms with Crippen LogP contribution in [0.2, 0.25) is 0 Å². The smallest absolute Gasteiger partial charge is 0.168 e. The van der Waals surface area contributed by atoms with Gasteiger partial charge in [0.05, 0.1) is 17.7 Å². The van der Waals surface area contributed by atoms with Crippen molar-refractivity contribution < 1.29 is 4.79 Å². The van der Waals surface area contributed by atoms with Gasteiger partial charge in [0.25, 0.3) is 0 Å². The molecule has 0 bridgehead atoms. The van der Waals surface area contributed by atoms with Gasteiger partial charge in [-0.1, -0.05) is 54.6 Å². The highest BCUT2D eigenvalue weighted by Crippen LogP contribution is 2.36. The molecule has 0 aliphatic carbocycles. The molecule has 1 saturated heterocycles. The Labute approximate surface area is 149 Å². The van der Waals surface area contributed by atoms with Gasteiger partial charge in [-0.25, -0.2) is 0 Å². The Morgan fingerprint density at radius 2 is 1.72 bits per heavy atom. The van der Waals surface area contributed by atoms with Crippen molar-refractivity contribution in [2.75, 3.05) is 20.1 Å². The van der Waals surface area contributed by atoms with Gasteiger partial charge in [-0.15, -0.1) is 0 Å². The predicted octanol–water partition coefficient (Wildman–Crippen LogP) is 3.77. The molecule has 25 heavy (non-hydrogen) atoms. The molecule has 1 fully saturated rings.